The van der Waals surface area contributed by atoms with Gasteiger partial charge in [-0.25, -0.2) is 4.68 Å². The molecule has 0 aliphatic carbocycles. The second-order valence-electron chi connectivity index (χ2n) is 6.61. The van der Waals surface area contributed by atoms with Gasteiger partial charge in [-0.05, 0) is 44.4 Å². The number of para-hydroxylation sites is 1. The van der Waals surface area contributed by atoms with E-state index < -0.39 is 0 Å². The number of amides is 1. The third-order valence-electron chi connectivity index (χ3n) is 4.83. The third kappa shape index (κ3) is 3.57. The van der Waals surface area contributed by atoms with Crippen molar-refractivity contribution in [2.45, 2.75) is 32.7 Å². The van der Waals surface area contributed by atoms with Crippen LogP contribution in [0.15, 0.2) is 35.1 Å². The molecule has 1 amide bonds. The minimum Gasteiger partial charge on any atom is -0.369 e. The van der Waals surface area contributed by atoms with Crippen LogP contribution in [0.3, 0.4) is 0 Å². The summed E-state index contributed by atoms with van der Waals surface area (Å²) < 4.78 is 1.23. The quantitative estimate of drug-likeness (QED) is 0.925. The summed E-state index contributed by atoms with van der Waals surface area (Å²) in [5.74, 6) is -0.302. The predicted octanol–water partition coefficient (Wildman–Crippen LogP) is 1.80. The highest BCUT2D eigenvalue weighted by molar-refractivity contribution is 5.95. The molecule has 1 N–H and O–H groups in total. The third-order valence-corrected chi connectivity index (χ3v) is 4.83. The summed E-state index contributed by atoms with van der Waals surface area (Å²) in [5, 5.41) is 7.18. The van der Waals surface area contributed by atoms with Gasteiger partial charge in [0.2, 0.25) is 0 Å². The average molecular weight is 340 g/mol. The molecule has 1 saturated heterocycles. The number of rotatable bonds is 3. The standard InChI is InChI=1S/C19H24N4O2/c1-13-14(2)21-22(3)19(25)17(13)18(24)20-15-8-7-11-23(12-15)16-9-5-4-6-10-16/h4-6,9-10,15H,7-8,11-12H2,1-3H3,(H,20,24)/t15-/m1/s1. The first kappa shape index (κ1) is 17.2. The van der Waals surface area contributed by atoms with Gasteiger partial charge in [0, 0.05) is 31.9 Å². The van der Waals surface area contributed by atoms with E-state index >= 15 is 0 Å². The molecule has 2 heterocycles. The number of nitrogens with zero attached hydrogens (tertiary/aromatic N) is 3. The average Bonchev–Trinajstić information content (AvgIpc) is 2.61. The summed E-state index contributed by atoms with van der Waals surface area (Å²) >= 11 is 0. The molecule has 25 heavy (non-hydrogen) atoms. The van der Waals surface area contributed by atoms with Gasteiger partial charge in [0.1, 0.15) is 5.56 Å². The number of aromatic nitrogens is 2. The highest BCUT2D eigenvalue weighted by Crippen LogP contribution is 2.19. The van der Waals surface area contributed by atoms with Crippen molar-refractivity contribution in [1.29, 1.82) is 0 Å². The zero-order chi connectivity index (χ0) is 18.0. The number of anilines is 1. The van der Waals surface area contributed by atoms with Gasteiger partial charge >= 0.3 is 0 Å². The molecule has 0 saturated carbocycles. The van der Waals surface area contributed by atoms with Crippen LogP contribution in [-0.4, -0.2) is 34.8 Å². The first-order valence-electron chi connectivity index (χ1n) is 8.62. The Morgan fingerprint density at radius 2 is 1.96 bits per heavy atom. The van der Waals surface area contributed by atoms with E-state index in [1.165, 1.54) is 4.68 Å². The largest absolute Gasteiger partial charge is 0.369 e. The highest BCUT2D eigenvalue weighted by Gasteiger charge is 2.25. The van der Waals surface area contributed by atoms with E-state index in [0.29, 0.717) is 11.3 Å². The van der Waals surface area contributed by atoms with Gasteiger partial charge < -0.3 is 10.2 Å². The molecule has 0 spiro atoms. The summed E-state index contributed by atoms with van der Waals surface area (Å²) in [7, 11) is 1.57. The predicted molar refractivity (Wildman–Crippen MR) is 98.1 cm³/mol. The first-order valence-corrected chi connectivity index (χ1v) is 8.62. The summed E-state index contributed by atoms with van der Waals surface area (Å²) in [5.41, 5.74) is 2.36. The Bertz CT molecular complexity index is 829. The number of nitrogens with one attached hydrogen (secondary N) is 1. The van der Waals surface area contributed by atoms with Gasteiger partial charge in [0.05, 0.1) is 5.69 Å². The summed E-state index contributed by atoms with van der Waals surface area (Å²) in [6.07, 6.45) is 1.92. The minimum absolute atomic E-state index is 0.0269. The number of benzene rings is 1. The fourth-order valence-electron chi connectivity index (χ4n) is 3.34. The molecule has 132 valence electrons. The monoisotopic (exact) mass is 340 g/mol. The van der Waals surface area contributed by atoms with Gasteiger partial charge in [-0.3, -0.25) is 9.59 Å². The first-order chi connectivity index (χ1) is 12.0. The number of carbonyl (C=O) groups excluding carboxylic acids is 1. The molecule has 1 fully saturated rings. The Labute approximate surface area is 147 Å². The lowest BCUT2D eigenvalue weighted by atomic mass is 10.0. The van der Waals surface area contributed by atoms with Crippen molar-refractivity contribution in [1.82, 2.24) is 15.1 Å². The van der Waals surface area contributed by atoms with Crippen molar-refractivity contribution in [3.63, 3.8) is 0 Å². The van der Waals surface area contributed by atoms with Crippen molar-refractivity contribution in [2.75, 3.05) is 18.0 Å². The van der Waals surface area contributed by atoms with Gasteiger partial charge in [-0.1, -0.05) is 18.2 Å². The fraction of sp³-hybridized carbons (Fsp3) is 0.421. The fourth-order valence-corrected chi connectivity index (χ4v) is 3.34. The minimum atomic E-state index is -0.351. The number of carbonyl (C=O) groups is 1. The Balaban J connectivity index is 1.77. The van der Waals surface area contributed by atoms with Crippen molar-refractivity contribution in [3.05, 3.63) is 57.5 Å². The molecular formula is C19H24N4O2. The normalized spacial score (nSPS) is 17.4. The van der Waals surface area contributed by atoms with Crippen molar-refractivity contribution in [2.24, 2.45) is 7.05 Å². The molecule has 6 nitrogen and oxygen atoms in total. The Kier molecular flexibility index (Phi) is 4.88. The number of hydrogen-bond donors (Lipinski definition) is 1. The van der Waals surface area contributed by atoms with Gasteiger partial charge in [0.25, 0.3) is 11.5 Å². The lowest BCUT2D eigenvalue weighted by molar-refractivity contribution is 0.0930. The number of aryl methyl sites for hydroxylation is 2. The smallest absolute Gasteiger partial charge is 0.279 e. The summed E-state index contributed by atoms with van der Waals surface area (Å²) in [6.45, 7) is 5.31. The van der Waals surface area contributed by atoms with Crippen LogP contribution in [0.2, 0.25) is 0 Å². The topological polar surface area (TPSA) is 67.2 Å². The molecule has 1 aliphatic rings. The van der Waals surface area contributed by atoms with Crippen LogP contribution in [0, 0.1) is 13.8 Å². The molecule has 2 aromatic rings. The second-order valence-corrected chi connectivity index (χ2v) is 6.61. The van der Waals surface area contributed by atoms with E-state index in [1.807, 2.05) is 25.1 Å². The van der Waals surface area contributed by atoms with Gasteiger partial charge in [-0.2, -0.15) is 5.10 Å². The van der Waals surface area contributed by atoms with Crippen molar-refractivity contribution < 1.29 is 4.79 Å². The zero-order valence-corrected chi connectivity index (χ0v) is 15.0. The molecular weight excluding hydrogens is 316 g/mol. The maximum absolute atomic E-state index is 12.7. The van der Waals surface area contributed by atoms with E-state index in [9.17, 15) is 9.59 Å². The SMILES string of the molecule is Cc1nn(C)c(=O)c(C(=O)N[C@@H]2CCCN(c3ccccc3)C2)c1C. The number of piperidine rings is 1. The summed E-state index contributed by atoms with van der Waals surface area (Å²) in [6, 6.07) is 10.2. The van der Waals surface area contributed by atoms with Crippen LogP contribution in [0.4, 0.5) is 5.69 Å². The molecule has 0 bridgehead atoms. The molecule has 1 aromatic heterocycles. The van der Waals surface area contributed by atoms with Crippen LogP contribution in [0.25, 0.3) is 0 Å². The maximum Gasteiger partial charge on any atom is 0.279 e. The van der Waals surface area contributed by atoms with Crippen molar-refractivity contribution >= 4 is 11.6 Å². The second kappa shape index (κ2) is 7.09. The zero-order valence-electron chi connectivity index (χ0n) is 15.0. The van der Waals surface area contributed by atoms with Crippen LogP contribution < -0.4 is 15.8 Å². The highest BCUT2D eigenvalue weighted by atomic mass is 16.2. The maximum atomic E-state index is 12.7. The molecule has 0 unspecified atom stereocenters. The molecule has 1 atom stereocenters. The van der Waals surface area contributed by atoms with E-state index in [-0.39, 0.29) is 23.1 Å². The Morgan fingerprint density at radius 3 is 2.68 bits per heavy atom. The van der Waals surface area contributed by atoms with E-state index in [0.717, 1.165) is 31.6 Å². The number of hydrogen-bond acceptors (Lipinski definition) is 4. The lowest BCUT2D eigenvalue weighted by Gasteiger charge is -2.34. The Hall–Kier alpha value is -2.63. The summed E-state index contributed by atoms with van der Waals surface area (Å²) in [4.78, 5) is 27.3. The van der Waals surface area contributed by atoms with Gasteiger partial charge in [-0.15, -0.1) is 0 Å². The molecule has 1 aromatic carbocycles. The van der Waals surface area contributed by atoms with Crippen LogP contribution in [-0.2, 0) is 7.05 Å². The van der Waals surface area contributed by atoms with Crippen molar-refractivity contribution in [3.8, 4) is 0 Å². The molecule has 0 radical (unpaired) electrons. The van der Waals surface area contributed by atoms with E-state index in [4.69, 9.17) is 0 Å². The molecule has 6 heteroatoms. The molecule has 1 aliphatic heterocycles. The van der Waals surface area contributed by atoms with E-state index in [1.54, 1.807) is 14.0 Å². The van der Waals surface area contributed by atoms with Crippen LogP contribution in [0.5, 0.6) is 0 Å². The lowest BCUT2D eigenvalue weighted by Crippen LogP contribution is -2.49. The van der Waals surface area contributed by atoms with E-state index in [2.05, 4.69) is 27.4 Å². The van der Waals surface area contributed by atoms with Crippen LogP contribution >= 0.6 is 0 Å². The Morgan fingerprint density at radius 1 is 1.24 bits per heavy atom. The van der Waals surface area contributed by atoms with Crippen LogP contribution in [0.1, 0.15) is 34.5 Å². The van der Waals surface area contributed by atoms with Gasteiger partial charge in [0.15, 0.2) is 0 Å². The molecule has 3 rings (SSSR count).